The number of nitrogens with one attached hydrogen (secondary N) is 2. The lowest BCUT2D eigenvalue weighted by molar-refractivity contribution is 0.0599. The third kappa shape index (κ3) is 2.71. The van der Waals surface area contributed by atoms with Crippen molar-refractivity contribution in [1.82, 2.24) is 15.3 Å². The zero-order chi connectivity index (χ0) is 12.3. The molecule has 1 aliphatic rings. The molecule has 1 aliphatic heterocycles. The second-order valence-corrected chi connectivity index (χ2v) is 4.02. The molecule has 0 bridgehead atoms. The van der Waals surface area contributed by atoms with Gasteiger partial charge in [0.15, 0.2) is 0 Å². The maximum atomic E-state index is 11.4. The van der Waals surface area contributed by atoms with E-state index in [1.807, 2.05) is 0 Å². The molecular formula is C11H16N4O2. The van der Waals surface area contributed by atoms with E-state index < -0.39 is 5.97 Å². The molecule has 1 atom stereocenters. The quantitative estimate of drug-likeness (QED) is 0.737. The Morgan fingerprint density at radius 1 is 1.65 bits per heavy atom. The minimum atomic E-state index is -0.406. The third-order valence-electron chi connectivity index (χ3n) is 2.78. The highest BCUT2D eigenvalue weighted by molar-refractivity contribution is 5.90. The number of carbonyl (C=O) groups is 1. The Hall–Kier alpha value is -1.69. The van der Waals surface area contributed by atoms with E-state index in [4.69, 9.17) is 0 Å². The van der Waals surface area contributed by atoms with E-state index in [9.17, 15) is 4.79 Å². The minimum Gasteiger partial charge on any atom is -0.465 e. The zero-order valence-electron chi connectivity index (χ0n) is 9.99. The highest BCUT2D eigenvalue weighted by atomic mass is 16.5. The topological polar surface area (TPSA) is 76.1 Å². The molecule has 6 heteroatoms. The zero-order valence-corrected chi connectivity index (χ0v) is 9.99. The van der Waals surface area contributed by atoms with Crippen LogP contribution in [0.2, 0.25) is 0 Å². The maximum Gasteiger partial charge on any atom is 0.341 e. The van der Waals surface area contributed by atoms with E-state index in [-0.39, 0.29) is 0 Å². The summed E-state index contributed by atoms with van der Waals surface area (Å²) in [5.41, 5.74) is 1.03. The summed E-state index contributed by atoms with van der Waals surface area (Å²) in [4.78, 5) is 19.7. The fourth-order valence-corrected chi connectivity index (χ4v) is 1.81. The fraction of sp³-hybridized carbons (Fsp3) is 0.545. The molecule has 0 radical (unpaired) electrons. The average molecular weight is 236 g/mol. The van der Waals surface area contributed by atoms with Crippen molar-refractivity contribution in [2.45, 2.75) is 19.4 Å². The average Bonchev–Trinajstić information content (AvgIpc) is 2.81. The fourth-order valence-electron chi connectivity index (χ4n) is 1.81. The van der Waals surface area contributed by atoms with Gasteiger partial charge in [0.25, 0.3) is 0 Å². The summed E-state index contributed by atoms with van der Waals surface area (Å²) in [6.45, 7) is 3.70. The largest absolute Gasteiger partial charge is 0.465 e. The summed E-state index contributed by atoms with van der Waals surface area (Å²) < 4.78 is 4.64. The van der Waals surface area contributed by atoms with Gasteiger partial charge in [-0.25, -0.2) is 14.8 Å². The van der Waals surface area contributed by atoms with Crippen molar-refractivity contribution < 1.29 is 9.53 Å². The normalized spacial score (nSPS) is 19.1. The van der Waals surface area contributed by atoms with Crippen LogP contribution in [0.25, 0.3) is 0 Å². The molecule has 1 saturated heterocycles. The number of methoxy groups -OCH3 is 1. The summed E-state index contributed by atoms with van der Waals surface area (Å²) >= 11 is 0. The lowest BCUT2D eigenvalue weighted by Gasteiger charge is -2.12. The van der Waals surface area contributed by atoms with Crippen molar-refractivity contribution in [2.75, 3.05) is 25.5 Å². The highest BCUT2D eigenvalue weighted by Gasteiger charge is 2.16. The first kappa shape index (κ1) is 11.8. The molecule has 0 aromatic carbocycles. The molecule has 2 rings (SSSR count). The van der Waals surface area contributed by atoms with Gasteiger partial charge in [0.05, 0.1) is 18.4 Å². The number of hydrogen-bond donors (Lipinski definition) is 2. The van der Waals surface area contributed by atoms with Crippen LogP contribution in [0.5, 0.6) is 0 Å². The molecule has 0 spiro atoms. The van der Waals surface area contributed by atoms with Crippen molar-refractivity contribution >= 4 is 11.9 Å². The van der Waals surface area contributed by atoms with Crippen LogP contribution in [0.1, 0.15) is 22.5 Å². The summed E-state index contributed by atoms with van der Waals surface area (Å²) in [6, 6.07) is 0.360. The van der Waals surface area contributed by atoms with Crippen LogP contribution in [-0.4, -0.2) is 42.2 Å². The number of rotatable bonds is 3. The van der Waals surface area contributed by atoms with Crippen LogP contribution in [0.15, 0.2) is 6.20 Å². The summed E-state index contributed by atoms with van der Waals surface area (Å²) in [5.74, 6) is 0.153. The molecule has 2 heterocycles. The van der Waals surface area contributed by atoms with Crippen LogP contribution in [0.3, 0.4) is 0 Å². The Balaban J connectivity index is 2.10. The predicted molar refractivity (Wildman–Crippen MR) is 63.0 cm³/mol. The van der Waals surface area contributed by atoms with E-state index >= 15 is 0 Å². The smallest absolute Gasteiger partial charge is 0.341 e. The second-order valence-electron chi connectivity index (χ2n) is 4.02. The van der Waals surface area contributed by atoms with Gasteiger partial charge < -0.3 is 15.4 Å². The number of esters is 1. The minimum absolute atomic E-state index is 0.360. The molecule has 0 saturated carbocycles. The Morgan fingerprint density at radius 3 is 3.06 bits per heavy atom. The van der Waals surface area contributed by atoms with Crippen molar-refractivity contribution in [1.29, 1.82) is 0 Å². The standard InChI is InChI=1S/C11H16N4O2/c1-7-9(10(16)17-2)6-13-11(14-7)15-8-3-4-12-5-8/h6,8,12H,3-5H2,1-2H3,(H,13,14,15). The molecule has 1 unspecified atom stereocenters. The second kappa shape index (κ2) is 5.09. The molecule has 6 nitrogen and oxygen atoms in total. The number of nitrogens with zero attached hydrogens (tertiary/aromatic N) is 2. The molecule has 92 valence electrons. The van der Waals surface area contributed by atoms with Crippen LogP contribution < -0.4 is 10.6 Å². The summed E-state index contributed by atoms with van der Waals surface area (Å²) in [6.07, 6.45) is 2.56. The monoisotopic (exact) mass is 236 g/mol. The number of aryl methyl sites for hydroxylation is 1. The highest BCUT2D eigenvalue weighted by Crippen LogP contribution is 2.10. The van der Waals surface area contributed by atoms with Gasteiger partial charge in [-0.1, -0.05) is 0 Å². The van der Waals surface area contributed by atoms with E-state index in [1.54, 1.807) is 6.92 Å². The SMILES string of the molecule is COC(=O)c1cnc(NC2CCNC2)nc1C. The lowest BCUT2D eigenvalue weighted by Crippen LogP contribution is -2.23. The van der Waals surface area contributed by atoms with E-state index in [0.29, 0.717) is 23.2 Å². The summed E-state index contributed by atoms with van der Waals surface area (Å²) in [5, 5.41) is 6.48. The third-order valence-corrected chi connectivity index (χ3v) is 2.78. The molecule has 1 fully saturated rings. The molecule has 2 N–H and O–H groups in total. The molecule has 0 aliphatic carbocycles. The number of carbonyl (C=O) groups excluding carboxylic acids is 1. The first-order chi connectivity index (χ1) is 8.20. The van der Waals surface area contributed by atoms with Crippen molar-refractivity contribution in [2.24, 2.45) is 0 Å². The molecule has 1 aromatic heterocycles. The Morgan fingerprint density at radius 2 is 2.47 bits per heavy atom. The van der Waals surface area contributed by atoms with E-state index in [2.05, 4.69) is 25.3 Å². The van der Waals surface area contributed by atoms with Gasteiger partial charge in [0, 0.05) is 18.8 Å². The van der Waals surface area contributed by atoms with Crippen molar-refractivity contribution in [3.63, 3.8) is 0 Å². The van der Waals surface area contributed by atoms with Gasteiger partial charge in [0.1, 0.15) is 0 Å². The first-order valence-corrected chi connectivity index (χ1v) is 5.60. The number of ether oxygens (including phenoxy) is 1. The van der Waals surface area contributed by atoms with Gasteiger partial charge in [-0.05, 0) is 19.9 Å². The van der Waals surface area contributed by atoms with Gasteiger partial charge >= 0.3 is 5.97 Å². The van der Waals surface area contributed by atoms with Gasteiger partial charge in [-0.2, -0.15) is 0 Å². The maximum absolute atomic E-state index is 11.4. The first-order valence-electron chi connectivity index (χ1n) is 5.60. The number of hydrogen-bond acceptors (Lipinski definition) is 6. The van der Waals surface area contributed by atoms with Gasteiger partial charge in [0.2, 0.25) is 5.95 Å². The summed E-state index contributed by atoms with van der Waals surface area (Å²) in [7, 11) is 1.35. The molecular weight excluding hydrogens is 220 g/mol. The van der Waals surface area contributed by atoms with Crippen molar-refractivity contribution in [3.05, 3.63) is 17.5 Å². The number of anilines is 1. The van der Waals surface area contributed by atoms with Crippen molar-refractivity contribution in [3.8, 4) is 0 Å². The van der Waals surface area contributed by atoms with Crippen LogP contribution >= 0.6 is 0 Å². The van der Waals surface area contributed by atoms with E-state index in [0.717, 1.165) is 19.5 Å². The lowest BCUT2D eigenvalue weighted by atomic mass is 10.2. The Bertz CT molecular complexity index is 416. The van der Waals surface area contributed by atoms with Crippen LogP contribution in [0.4, 0.5) is 5.95 Å². The van der Waals surface area contributed by atoms with Crippen LogP contribution in [0, 0.1) is 6.92 Å². The Kier molecular flexibility index (Phi) is 3.53. The van der Waals surface area contributed by atoms with Gasteiger partial charge in [-0.15, -0.1) is 0 Å². The van der Waals surface area contributed by atoms with Crippen LogP contribution in [-0.2, 0) is 4.74 Å². The Labute approximate surface area is 99.8 Å². The predicted octanol–water partition coefficient (Wildman–Crippen LogP) is 0.345. The molecule has 17 heavy (non-hydrogen) atoms. The molecule has 1 aromatic rings. The van der Waals surface area contributed by atoms with Gasteiger partial charge in [-0.3, -0.25) is 0 Å². The molecule has 0 amide bonds. The number of aromatic nitrogens is 2. The van der Waals surface area contributed by atoms with E-state index in [1.165, 1.54) is 13.3 Å².